The minimum atomic E-state index is -0.726. The summed E-state index contributed by atoms with van der Waals surface area (Å²) in [5.74, 6) is -1.36. The lowest BCUT2D eigenvalue weighted by Gasteiger charge is -2.24. The Labute approximate surface area is 209 Å². The van der Waals surface area contributed by atoms with Gasteiger partial charge in [0.15, 0.2) is 4.80 Å². The normalized spacial score (nSPS) is 15.1. The second kappa shape index (κ2) is 10.1. The molecule has 0 radical (unpaired) electrons. The highest BCUT2D eigenvalue weighted by atomic mass is 32.1. The summed E-state index contributed by atoms with van der Waals surface area (Å²) in [7, 11) is 1.28. The molecule has 3 aromatic rings. The number of methoxy groups -OCH3 is 1. The van der Waals surface area contributed by atoms with E-state index in [-0.39, 0.29) is 22.6 Å². The maximum absolute atomic E-state index is 13.6. The first-order valence-corrected chi connectivity index (χ1v) is 11.7. The molecular weight excluding hydrogens is 484 g/mol. The topological polar surface area (TPSA) is 113 Å². The number of hydrogen-bond acceptors (Lipinski definition) is 9. The lowest BCUT2D eigenvalue weighted by molar-refractivity contribution is -0.137. The molecular formula is C26H22N2O7S. The molecule has 0 spiro atoms. The van der Waals surface area contributed by atoms with E-state index in [1.807, 2.05) is 30.3 Å². The number of ether oxygens (including phenoxy) is 3. The first-order valence-electron chi connectivity index (χ1n) is 10.9. The molecule has 1 aromatic heterocycles. The van der Waals surface area contributed by atoms with Crippen LogP contribution in [0.3, 0.4) is 0 Å². The maximum atomic E-state index is 13.6. The van der Waals surface area contributed by atoms with Gasteiger partial charge in [-0.1, -0.05) is 41.7 Å². The van der Waals surface area contributed by atoms with E-state index < -0.39 is 23.9 Å². The summed E-state index contributed by atoms with van der Waals surface area (Å²) < 4.78 is 17.1. The second-order valence-corrected chi connectivity index (χ2v) is 8.88. The summed E-state index contributed by atoms with van der Waals surface area (Å²) in [6.45, 7) is 4.20. The van der Waals surface area contributed by atoms with E-state index in [0.29, 0.717) is 20.6 Å². The molecule has 0 saturated carbocycles. The van der Waals surface area contributed by atoms with Gasteiger partial charge in [-0.15, -0.1) is 0 Å². The van der Waals surface area contributed by atoms with E-state index >= 15 is 0 Å². The fraction of sp³-hybridized carbons (Fsp3) is 0.192. The third-order valence-electron chi connectivity index (χ3n) is 5.33. The van der Waals surface area contributed by atoms with Crippen molar-refractivity contribution in [2.45, 2.75) is 26.8 Å². The molecule has 2 heterocycles. The van der Waals surface area contributed by atoms with Gasteiger partial charge in [0.1, 0.15) is 11.5 Å². The Balaban J connectivity index is 1.92. The lowest BCUT2D eigenvalue weighted by atomic mass is 9.96. The van der Waals surface area contributed by atoms with Gasteiger partial charge in [0.25, 0.3) is 5.56 Å². The van der Waals surface area contributed by atoms with Crippen molar-refractivity contribution >= 4 is 35.3 Å². The van der Waals surface area contributed by atoms with Gasteiger partial charge in [-0.3, -0.25) is 19.0 Å². The van der Waals surface area contributed by atoms with Crippen molar-refractivity contribution < 1.29 is 28.6 Å². The van der Waals surface area contributed by atoms with E-state index in [1.54, 1.807) is 19.1 Å². The van der Waals surface area contributed by atoms with Crippen molar-refractivity contribution in [2.75, 3.05) is 7.11 Å². The summed E-state index contributed by atoms with van der Waals surface area (Å²) in [5.41, 5.74) is 1.50. The largest absolute Gasteiger partial charge is 0.466 e. The van der Waals surface area contributed by atoms with Gasteiger partial charge in [-0.2, -0.15) is 0 Å². The number of rotatable bonds is 5. The second-order valence-electron chi connectivity index (χ2n) is 7.87. The standard InChI is InChI=1S/C26H22N2O7S/c1-14-22(25(32)33-4)23(17-8-6-5-7-9-17)28-24(31)21(36-26(28)27-14)12-18-10-11-19(34-15(2)29)13-20(18)35-16(3)30/h5-13,23H,1-4H3. The lowest BCUT2D eigenvalue weighted by Crippen LogP contribution is -2.39. The quantitative estimate of drug-likeness (QED) is 0.385. The number of hydrogen-bond donors (Lipinski definition) is 0. The number of carbonyl (C=O) groups excluding carboxylic acids is 3. The van der Waals surface area contributed by atoms with Gasteiger partial charge in [-0.05, 0) is 30.7 Å². The van der Waals surface area contributed by atoms with Crippen LogP contribution in [0.15, 0.2) is 69.6 Å². The summed E-state index contributed by atoms with van der Waals surface area (Å²) in [4.78, 5) is 54.2. The molecule has 36 heavy (non-hydrogen) atoms. The Morgan fingerprint density at radius 3 is 2.36 bits per heavy atom. The number of aromatic nitrogens is 1. The zero-order chi connectivity index (χ0) is 26.0. The molecule has 1 atom stereocenters. The van der Waals surface area contributed by atoms with E-state index in [1.165, 1.54) is 37.7 Å². The minimum Gasteiger partial charge on any atom is -0.466 e. The van der Waals surface area contributed by atoms with Crippen molar-refractivity contribution in [3.8, 4) is 11.5 Å². The van der Waals surface area contributed by atoms with Crippen LogP contribution in [0.1, 0.15) is 37.9 Å². The highest BCUT2D eigenvalue weighted by molar-refractivity contribution is 7.07. The van der Waals surface area contributed by atoms with Crippen LogP contribution >= 0.6 is 11.3 Å². The van der Waals surface area contributed by atoms with Gasteiger partial charge in [-0.25, -0.2) is 9.79 Å². The van der Waals surface area contributed by atoms with Gasteiger partial charge >= 0.3 is 17.9 Å². The van der Waals surface area contributed by atoms with E-state index in [4.69, 9.17) is 14.2 Å². The fourth-order valence-electron chi connectivity index (χ4n) is 3.89. The summed E-state index contributed by atoms with van der Waals surface area (Å²) >= 11 is 1.14. The third-order valence-corrected chi connectivity index (χ3v) is 6.31. The van der Waals surface area contributed by atoms with Crippen LogP contribution in [0, 0.1) is 0 Å². The van der Waals surface area contributed by atoms with Crippen molar-refractivity contribution in [1.29, 1.82) is 0 Å². The molecule has 1 unspecified atom stereocenters. The monoisotopic (exact) mass is 506 g/mol. The number of nitrogens with zero attached hydrogens (tertiary/aromatic N) is 2. The van der Waals surface area contributed by atoms with Crippen LogP contribution in [0.5, 0.6) is 11.5 Å². The Hall–Kier alpha value is -4.31. The Morgan fingerprint density at radius 2 is 1.72 bits per heavy atom. The molecule has 0 aliphatic carbocycles. The van der Waals surface area contributed by atoms with Gasteiger partial charge in [0, 0.05) is 25.5 Å². The van der Waals surface area contributed by atoms with Crippen molar-refractivity contribution in [1.82, 2.24) is 4.57 Å². The number of benzene rings is 2. The average Bonchev–Trinajstić information content (AvgIpc) is 3.13. The average molecular weight is 507 g/mol. The number of allylic oxidation sites excluding steroid dienone is 1. The molecule has 184 valence electrons. The molecule has 2 aromatic carbocycles. The predicted molar refractivity (Wildman–Crippen MR) is 131 cm³/mol. The molecule has 0 saturated heterocycles. The van der Waals surface area contributed by atoms with Crippen LogP contribution in [0.4, 0.5) is 0 Å². The molecule has 1 aliphatic heterocycles. The van der Waals surface area contributed by atoms with Crippen LogP contribution in [0.25, 0.3) is 6.08 Å². The third kappa shape index (κ3) is 4.89. The molecule has 0 bridgehead atoms. The van der Waals surface area contributed by atoms with Crippen LogP contribution in [-0.2, 0) is 19.1 Å². The molecule has 0 amide bonds. The Kier molecular flexibility index (Phi) is 6.98. The van der Waals surface area contributed by atoms with Crippen LogP contribution in [-0.4, -0.2) is 29.6 Å². The van der Waals surface area contributed by atoms with Gasteiger partial charge in [0.05, 0.1) is 29.0 Å². The van der Waals surface area contributed by atoms with E-state index in [2.05, 4.69) is 4.99 Å². The van der Waals surface area contributed by atoms with Gasteiger partial charge in [0.2, 0.25) is 0 Å². The molecule has 4 rings (SSSR count). The summed E-state index contributed by atoms with van der Waals surface area (Å²) in [5, 5.41) is 0. The summed E-state index contributed by atoms with van der Waals surface area (Å²) in [6, 6.07) is 12.9. The van der Waals surface area contributed by atoms with Crippen molar-refractivity contribution in [3.63, 3.8) is 0 Å². The summed E-state index contributed by atoms with van der Waals surface area (Å²) in [6.07, 6.45) is 1.57. The van der Waals surface area contributed by atoms with Crippen molar-refractivity contribution in [2.24, 2.45) is 4.99 Å². The molecule has 0 fully saturated rings. The Morgan fingerprint density at radius 1 is 1.03 bits per heavy atom. The maximum Gasteiger partial charge on any atom is 0.338 e. The molecule has 0 N–H and O–H groups in total. The van der Waals surface area contributed by atoms with Crippen LogP contribution < -0.4 is 24.4 Å². The SMILES string of the molecule is COC(=O)C1=C(C)N=c2sc(=Cc3ccc(OC(C)=O)cc3OC(C)=O)c(=O)n2C1c1ccccc1. The zero-order valence-electron chi connectivity index (χ0n) is 19.9. The predicted octanol–water partition coefficient (Wildman–Crippen LogP) is 2.26. The molecule has 9 nitrogen and oxygen atoms in total. The molecule has 1 aliphatic rings. The first-order chi connectivity index (χ1) is 17.2. The highest BCUT2D eigenvalue weighted by Gasteiger charge is 2.32. The van der Waals surface area contributed by atoms with Gasteiger partial charge < -0.3 is 14.2 Å². The number of fused-ring (bicyclic) bond motifs is 1. The van der Waals surface area contributed by atoms with Crippen LogP contribution in [0.2, 0.25) is 0 Å². The fourth-order valence-corrected chi connectivity index (χ4v) is 4.93. The van der Waals surface area contributed by atoms with E-state index in [9.17, 15) is 19.2 Å². The number of esters is 3. The Bertz CT molecular complexity index is 1580. The highest BCUT2D eigenvalue weighted by Crippen LogP contribution is 2.30. The number of thiazole rings is 1. The number of carbonyl (C=O) groups is 3. The first kappa shape index (κ1) is 24.8. The smallest absolute Gasteiger partial charge is 0.338 e. The van der Waals surface area contributed by atoms with E-state index in [0.717, 1.165) is 16.9 Å². The zero-order valence-corrected chi connectivity index (χ0v) is 20.8. The van der Waals surface area contributed by atoms with Crippen molar-refractivity contribution in [3.05, 3.63) is 90.6 Å². The minimum absolute atomic E-state index is 0.123. The molecule has 10 heteroatoms.